The lowest BCUT2D eigenvalue weighted by molar-refractivity contribution is 1.08. The van der Waals surface area contributed by atoms with Gasteiger partial charge in [0.05, 0.1) is 38.6 Å². The van der Waals surface area contributed by atoms with Gasteiger partial charge < -0.3 is 4.40 Å². The van der Waals surface area contributed by atoms with Gasteiger partial charge in [-0.15, -0.1) is 0 Å². The van der Waals surface area contributed by atoms with E-state index in [4.69, 9.17) is 9.97 Å². The van der Waals surface area contributed by atoms with Gasteiger partial charge in [-0.1, -0.05) is 164 Å². The van der Waals surface area contributed by atoms with Crippen molar-refractivity contribution in [2.75, 3.05) is 0 Å². The van der Waals surface area contributed by atoms with Gasteiger partial charge in [-0.3, -0.25) is 4.57 Å². The van der Waals surface area contributed by atoms with Crippen LogP contribution in [0.1, 0.15) is 0 Å². The molecule has 0 saturated heterocycles. The summed E-state index contributed by atoms with van der Waals surface area (Å²) in [6.07, 6.45) is 0. The fourth-order valence-electron chi connectivity index (χ4n) is 9.85. The zero-order valence-corrected chi connectivity index (χ0v) is 31.3. The Hall–Kier alpha value is -7.82. The highest BCUT2D eigenvalue weighted by molar-refractivity contribution is 6.31. The molecule has 0 aliphatic carbocycles. The molecule has 0 bridgehead atoms. The first-order valence-electron chi connectivity index (χ1n) is 19.8. The maximum absolute atomic E-state index is 5.75. The van der Waals surface area contributed by atoms with E-state index in [9.17, 15) is 0 Å². The molecule has 0 saturated carbocycles. The third kappa shape index (κ3) is 4.23. The predicted molar refractivity (Wildman–Crippen MR) is 242 cm³/mol. The van der Waals surface area contributed by atoms with Crippen molar-refractivity contribution < 1.29 is 0 Å². The number of hydrogen-bond acceptors (Lipinski definition) is 2. The molecule has 0 aliphatic heterocycles. The molecular weight excluding hydrogens is 705 g/mol. The number of fused-ring (bicyclic) bond motifs is 8. The highest BCUT2D eigenvalue weighted by atomic mass is 15.1. The van der Waals surface area contributed by atoms with Crippen LogP contribution in [0.4, 0.5) is 0 Å². The first kappa shape index (κ1) is 31.4. The minimum Gasteiger partial charge on any atom is -0.308 e. The second-order valence-corrected chi connectivity index (χ2v) is 15.3. The van der Waals surface area contributed by atoms with Gasteiger partial charge in [0.2, 0.25) is 0 Å². The smallest absolute Gasteiger partial charge is 0.165 e. The van der Waals surface area contributed by atoms with E-state index in [2.05, 4.69) is 203 Å². The third-order valence-corrected chi connectivity index (χ3v) is 12.2. The molecule has 58 heavy (non-hydrogen) atoms. The fraction of sp³-hybridized carbons (Fsp3) is 0. The largest absolute Gasteiger partial charge is 0.308 e. The minimum atomic E-state index is 0.807. The lowest BCUT2D eigenvalue weighted by Crippen LogP contribution is -2.04. The molecule has 0 aliphatic rings. The van der Waals surface area contributed by atoms with Crippen LogP contribution in [0.2, 0.25) is 0 Å². The summed E-state index contributed by atoms with van der Waals surface area (Å²) in [5.41, 5.74) is 14.1. The van der Waals surface area contributed by atoms with Crippen LogP contribution in [0.5, 0.6) is 0 Å². The average Bonchev–Trinajstić information content (AvgIpc) is 3.78. The summed E-state index contributed by atoms with van der Waals surface area (Å²) in [6, 6.07) is 69.9. The Balaban J connectivity index is 1.20. The van der Waals surface area contributed by atoms with Crippen LogP contribution in [-0.4, -0.2) is 18.9 Å². The van der Waals surface area contributed by atoms with Crippen molar-refractivity contribution >= 4 is 81.7 Å². The summed E-state index contributed by atoms with van der Waals surface area (Å²) in [5, 5.41) is 9.65. The first-order valence-corrected chi connectivity index (χ1v) is 19.8. The molecule has 9 aromatic carbocycles. The number of nitrogens with zero attached hydrogens (tertiary/aromatic N) is 4. The normalized spacial score (nSPS) is 12.1. The van der Waals surface area contributed by atoms with Gasteiger partial charge in [-0.2, -0.15) is 0 Å². The molecule has 268 valence electrons. The van der Waals surface area contributed by atoms with E-state index in [1.807, 2.05) is 0 Å². The van der Waals surface area contributed by atoms with Gasteiger partial charge in [0.1, 0.15) is 5.69 Å². The second-order valence-electron chi connectivity index (χ2n) is 15.3. The molecule has 0 spiro atoms. The molecular formula is C54H32N4. The molecule has 0 N–H and O–H groups in total. The van der Waals surface area contributed by atoms with Crippen molar-refractivity contribution in [2.45, 2.75) is 0 Å². The van der Waals surface area contributed by atoms with Crippen molar-refractivity contribution in [3.8, 4) is 39.3 Å². The Bertz CT molecular complexity index is 3780. The zero-order valence-electron chi connectivity index (χ0n) is 31.3. The molecule has 0 amide bonds. The Kier molecular flexibility index (Phi) is 6.41. The Morgan fingerprint density at radius 1 is 0.345 bits per heavy atom. The van der Waals surface area contributed by atoms with Crippen LogP contribution in [0.25, 0.3) is 121 Å². The first-order chi connectivity index (χ1) is 28.8. The highest BCUT2D eigenvalue weighted by Crippen LogP contribution is 2.46. The van der Waals surface area contributed by atoms with E-state index >= 15 is 0 Å². The van der Waals surface area contributed by atoms with Crippen LogP contribution in [-0.2, 0) is 0 Å². The van der Waals surface area contributed by atoms with Gasteiger partial charge in [-0.05, 0) is 63.4 Å². The average molecular weight is 737 g/mol. The maximum atomic E-state index is 5.75. The molecule has 0 radical (unpaired) electrons. The van der Waals surface area contributed by atoms with Crippen molar-refractivity contribution in [1.82, 2.24) is 18.9 Å². The van der Waals surface area contributed by atoms with E-state index in [1.54, 1.807) is 0 Å². The second kappa shape index (κ2) is 11.8. The van der Waals surface area contributed by atoms with Crippen molar-refractivity contribution in [1.29, 1.82) is 0 Å². The number of rotatable bonds is 4. The van der Waals surface area contributed by atoms with Gasteiger partial charge in [0, 0.05) is 37.9 Å². The predicted octanol–water partition coefficient (Wildman–Crippen LogP) is 14.0. The van der Waals surface area contributed by atoms with E-state index in [0.29, 0.717) is 0 Å². The van der Waals surface area contributed by atoms with Crippen molar-refractivity contribution in [3.63, 3.8) is 0 Å². The van der Waals surface area contributed by atoms with Crippen LogP contribution >= 0.6 is 0 Å². The van der Waals surface area contributed by atoms with Gasteiger partial charge in [-0.25, -0.2) is 9.97 Å². The Labute approximate surface area is 332 Å². The molecule has 13 aromatic rings. The monoisotopic (exact) mass is 736 g/mol. The van der Waals surface area contributed by atoms with E-state index in [1.165, 1.54) is 65.6 Å². The van der Waals surface area contributed by atoms with Crippen LogP contribution in [0.3, 0.4) is 0 Å². The zero-order chi connectivity index (χ0) is 37.9. The Morgan fingerprint density at radius 2 is 0.897 bits per heavy atom. The van der Waals surface area contributed by atoms with Gasteiger partial charge >= 0.3 is 0 Å². The van der Waals surface area contributed by atoms with Crippen LogP contribution in [0, 0.1) is 0 Å². The lowest BCUT2D eigenvalue weighted by atomic mass is 9.90. The van der Waals surface area contributed by atoms with Crippen LogP contribution in [0.15, 0.2) is 194 Å². The van der Waals surface area contributed by atoms with Crippen molar-refractivity contribution in [3.05, 3.63) is 194 Å². The minimum absolute atomic E-state index is 0.807. The van der Waals surface area contributed by atoms with Gasteiger partial charge in [0.25, 0.3) is 0 Å². The molecule has 4 aromatic heterocycles. The quantitative estimate of drug-likeness (QED) is 0.169. The SMILES string of the molecule is c1ccc(-c2ccccc2-c2cc3nc(-n4c5cccc6c7cccc8c9ccccc9n(c9cccc4c9c65)c78)c(-c4ccccc4)nc3c3ccccc23)cc1. The summed E-state index contributed by atoms with van der Waals surface area (Å²) in [5.74, 6) is 0.807. The number of hydrogen-bond donors (Lipinski definition) is 0. The molecule has 0 atom stereocenters. The lowest BCUT2D eigenvalue weighted by Gasteiger charge is -2.17. The Morgan fingerprint density at radius 3 is 1.71 bits per heavy atom. The maximum Gasteiger partial charge on any atom is 0.165 e. The summed E-state index contributed by atoms with van der Waals surface area (Å²) in [4.78, 5) is 11.4. The molecule has 13 rings (SSSR count). The van der Waals surface area contributed by atoms with Crippen LogP contribution < -0.4 is 0 Å². The highest BCUT2D eigenvalue weighted by Gasteiger charge is 2.25. The molecule has 0 fully saturated rings. The summed E-state index contributed by atoms with van der Waals surface area (Å²) >= 11 is 0. The van der Waals surface area contributed by atoms with Gasteiger partial charge in [0.15, 0.2) is 5.82 Å². The van der Waals surface area contributed by atoms with E-state index in [0.717, 1.165) is 55.5 Å². The van der Waals surface area contributed by atoms with Crippen molar-refractivity contribution in [2.24, 2.45) is 0 Å². The van der Waals surface area contributed by atoms with E-state index in [-0.39, 0.29) is 0 Å². The number of benzene rings is 9. The summed E-state index contributed by atoms with van der Waals surface area (Å²) in [6.45, 7) is 0. The third-order valence-electron chi connectivity index (χ3n) is 12.2. The summed E-state index contributed by atoms with van der Waals surface area (Å²) in [7, 11) is 0. The summed E-state index contributed by atoms with van der Waals surface area (Å²) < 4.78 is 4.86. The number of aromatic nitrogens is 4. The molecule has 4 heterocycles. The topological polar surface area (TPSA) is 35.1 Å². The number of para-hydroxylation sites is 2. The van der Waals surface area contributed by atoms with E-state index < -0.39 is 0 Å². The molecule has 4 heteroatoms. The fourth-order valence-corrected chi connectivity index (χ4v) is 9.85. The standard InChI is InChI=1S/C54H32N4/c1-3-16-33(17-4-1)35-20-7-8-21-36(35)43-32-44-52(40-24-10-9-22-37(40)43)56-51(34-18-5-2-6-19-34)54(55-44)58-46-29-14-25-39-42-27-13-26-41-38-23-11-12-28-45(38)57(53(41)42)47-30-15-31-48(58)50(47)49(39)46/h1-32H. The molecule has 0 unspecified atom stereocenters. The molecule has 4 nitrogen and oxygen atoms in total.